The van der Waals surface area contributed by atoms with Crippen LogP contribution < -0.4 is 11.4 Å². The van der Waals surface area contributed by atoms with Gasteiger partial charge in [-0.15, -0.1) is 10.2 Å². The van der Waals surface area contributed by atoms with Gasteiger partial charge in [0, 0.05) is 10.6 Å². The second-order valence-electron chi connectivity index (χ2n) is 5.50. The smallest absolute Gasteiger partial charge is 0.258 e. The number of hydrogen-bond acceptors (Lipinski definition) is 6. The predicted octanol–water partition coefficient (Wildman–Crippen LogP) is 2.84. The quantitative estimate of drug-likeness (QED) is 0.414. The molecule has 2 aromatic carbocycles. The van der Waals surface area contributed by atoms with Crippen molar-refractivity contribution < 1.29 is 0 Å². The fourth-order valence-electron chi connectivity index (χ4n) is 2.54. The van der Waals surface area contributed by atoms with Gasteiger partial charge in [0.25, 0.3) is 5.56 Å². The lowest BCUT2D eigenvalue weighted by atomic mass is 10.2. The average molecular weight is 385 g/mol. The number of nitrogens with two attached hydrogens (primary N) is 1. The van der Waals surface area contributed by atoms with Crippen molar-refractivity contribution in [3.63, 3.8) is 0 Å². The van der Waals surface area contributed by atoms with E-state index in [1.54, 1.807) is 24.3 Å². The zero-order valence-electron chi connectivity index (χ0n) is 13.4. The zero-order valence-corrected chi connectivity index (χ0v) is 15.0. The van der Waals surface area contributed by atoms with E-state index in [4.69, 9.17) is 17.4 Å². The lowest BCUT2D eigenvalue weighted by Crippen LogP contribution is -2.13. The van der Waals surface area contributed by atoms with Crippen LogP contribution in [-0.4, -0.2) is 24.8 Å². The molecule has 26 heavy (non-hydrogen) atoms. The third-order valence-corrected chi connectivity index (χ3v) is 4.94. The van der Waals surface area contributed by atoms with Gasteiger partial charge in [0.1, 0.15) is 5.82 Å². The molecule has 3 N–H and O–H groups in total. The molecule has 130 valence electrons. The number of benzene rings is 2. The van der Waals surface area contributed by atoms with Crippen molar-refractivity contribution >= 4 is 34.3 Å². The summed E-state index contributed by atoms with van der Waals surface area (Å²) < 4.78 is 1.40. The minimum absolute atomic E-state index is 0.167. The summed E-state index contributed by atoms with van der Waals surface area (Å²) >= 11 is 7.35. The number of H-pyrrole nitrogens is 1. The second kappa shape index (κ2) is 6.81. The Hall–Kier alpha value is -2.84. The van der Waals surface area contributed by atoms with Gasteiger partial charge < -0.3 is 10.8 Å². The summed E-state index contributed by atoms with van der Waals surface area (Å²) in [6.07, 6.45) is 0. The van der Waals surface area contributed by atoms with E-state index in [0.29, 0.717) is 38.5 Å². The van der Waals surface area contributed by atoms with Crippen LogP contribution in [0, 0.1) is 0 Å². The van der Waals surface area contributed by atoms with Gasteiger partial charge in [-0.3, -0.25) is 4.79 Å². The van der Waals surface area contributed by atoms with E-state index in [-0.39, 0.29) is 5.56 Å². The van der Waals surface area contributed by atoms with Crippen molar-refractivity contribution in [2.24, 2.45) is 0 Å². The molecular formula is C17H13ClN6OS. The summed E-state index contributed by atoms with van der Waals surface area (Å²) in [5.41, 5.74) is 1.26. The van der Waals surface area contributed by atoms with Crippen LogP contribution in [0.4, 0.5) is 0 Å². The highest BCUT2D eigenvalue weighted by atomic mass is 35.5. The van der Waals surface area contributed by atoms with E-state index < -0.39 is 0 Å². The highest BCUT2D eigenvalue weighted by molar-refractivity contribution is 7.98. The van der Waals surface area contributed by atoms with Crippen molar-refractivity contribution in [3.05, 3.63) is 69.7 Å². The standard InChI is InChI=1S/C17H13ClN6OS/c18-11-5-3-4-10(8-11)15-22-23-17(24(15)19)26-9-14-20-13-7-2-1-6-12(13)16(25)21-14/h1-8H,9,19H2,(H,20,21,25). The molecule has 2 heterocycles. The van der Waals surface area contributed by atoms with Gasteiger partial charge in [-0.2, -0.15) is 0 Å². The lowest BCUT2D eigenvalue weighted by Gasteiger charge is -2.05. The van der Waals surface area contributed by atoms with E-state index in [1.807, 2.05) is 24.3 Å². The number of para-hydroxylation sites is 1. The molecule has 0 saturated heterocycles. The monoisotopic (exact) mass is 384 g/mol. The first-order valence-corrected chi connectivity index (χ1v) is 9.05. The normalized spacial score (nSPS) is 11.1. The number of thioether (sulfide) groups is 1. The molecule has 2 aromatic heterocycles. The zero-order chi connectivity index (χ0) is 18.1. The molecule has 0 bridgehead atoms. The van der Waals surface area contributed by atoms with Gasteiger partial charge in [-0.05, 0) is 24.3 Å². The Morgan fingerprint density at radius 1 is 1.15 bits per heavy atom. The molecule has 0 aliphatic rings. The predicted molar refractivity (Wildman–Crippen MR) is 103 cm³/mol. The molecular weight excluding hydrogens is 372 g/mol. The molecule has 0 amide bonds. The van der Waals surface area contributed by atoms with Crippen LogP contribution in [-0.2, 0) is 5.75 Å². The highest BCUT2D eigenvalue weighted by Crippen LogP contribution is 2.25. The molecule has 0 unspecified atom stereocenters. The number of nitrogen functional groups attached to an aromatic ring is 1. The molecule has 4 rings (SSSR count). The first-order valence-electron chi connectivity index (χ1n) is 7.69. The summed E-state index contributed by atoms with van der Waals surface area (Å²) in [4.78, 5) is 19.4. The van der Waals surface area contributed by atoms with Crippen molar-refractivity contribution in [3.8, 4) is 11.4 Å². The molecule has 0 fully saturated rings. The van der Waals surface area contributed by atoms with Gasteiger partial charge in [0.05, 0.1) is 16.7 Å². The number of hydrogen-bond donors (Lipinski definition) is 2. The number of aromatic nitrogens is 5. The van der Waals surface area contributed by atoms with Crippen molar-refractivity contribution in [2.45, 2.75) is 10.9 Å². The molecule has 9 heteroatoms. The topological polar surface area (TPSA) is 102 Å². The molecule has 7 nitrogen and oxygen atoms in total. The van der Waals surface area contributed by atoms with Crippen molar-refractivity contribution in [1.82, 2.24) is 24.8 Å². The fourth-order valence-corrected chi connectivity index (χ4v) is 3.45. The number of nitrogens with zero attached hydrogens (tertiary/aromatic N) is 4. The minimum atomic E-state index is -0.167. The van der Waals surface area contributed by atoms with Crippen LogP contribution in [0.3, 0.4) is 0 Å². The van der Waals surface area contributed by atoms with Gasteiger partial charge in [0.15, 0.2) is 5.82 Å². The molecule has 0 aliphatic carbocycles. The van der Waals surface area contributed by atoms with Crippen LogP contribution in [0.15, 0.2) is 58.5 Å². The number of rotatable bonds is 4. The Bertz CT molecular complexity index is 1160. The maximum absolute atomic E-state index is 12.1. The summed E-state index contributed by atoms with van der Waals surface area (Å²) in [5.74, 6) is 7.57. The number of fused-ring (bicyclic) bond motifs is 1. The SMILES string of the molecule is Nn1c(SCc2nc3ccccc3c(=O)[nH]2)nnc1-c1cccc(Cl)c1. The highest BCUT2D eigenvalue weighted by Gasteiger charge is 2.13. The largest absolute Gasteiger partial charge is 0.335 e. The van der Waals surface area contributed by atoms with E-state index in [9.17, 15) is 4.79 Å². The first-order chi connectivity index (χ1) is 12.6. The molecule has 0 atom stereocenters. The van der Waals surface area contributed by atoms with Gasteiger partial charge in [-0.25, -0.2) is 9.66 Å². The van der Waals surface area contributed by atoms with Crippen LogP contribution in [0.25, 0.3) is 22.3 Å². The molecule has 4 aromatic rings. The third kappa shape index (κ3) is 3.16. The van der Waals surface area contributed by atoms with Gasteiger partial charge in [0.2, 0.25) is 5.16 Å². The third-order valence-electron chi connectivity index (χ3n) is 3.75. The van der Waals surface area contributed by atoms with E-state index in [2.05, 4.69) is 20.2 Å². The fraction of sp³-hybridized carbons (Fsp3) is 0.0588. The summed E-state index contributed by atoms with van der Waals surface area (Å²) in [6, 6.07) is 14.4. The lowest BCUT2D eigenvalue weighted by molar-refractivity contribution is 0.848. The van der Waals surface area contributed by atoms with E-state index in [1.165, 1.54) is 16.4 Å². The minimum Gasteiger partial charge on any atom is -0.335 e. The Labute approximate surface area is 157 Å². The maximum atomic E-state index is 12.1. The van der Waals surface area contributed by atoms with Crippen molar-refractivity contribution in [1.29, 1.82) is 0 Å². The maximum Gasteiger partial charge on any atom is 0.258 e. The summed E-state index contributed by atoms with van der Waals surface area (Å²) in [5, 5.41) is 9.90. The van der Waals surface area contributed by atoms with Gasteiger partial charge >= 0.3 is 0 Å². The number of halogens is 1. The van der Waals surface area contributed by atoms with Crippen LogP contribution in [0.2, 0.25) is 5.02 Å². The second-order valence-corrected chi connectivity index (χ2v) is 6.88. The summed E-state index contributed by atoms with van der Waals surface area (Å²) in [7, 11) is 0. The Morgan fingerprint density at radius 2 is 2.00 bits per heavy atom. The number of nitrogens with one attached hydrogen (secondary N) is 1. The van der Waals surface area contributed by atoms with Crippen LogP contribution >= 0.6 is 23.4 Å². The molecule has 0 aliphatic heterocycles. The van der Waals surface area contributed by atoms with Gasteiger partial charge in [-0.1, -0.05) is 47.6 Å². The van der Waals surface area contributed by atoms with Crippen LogP contribution in [0.5, 0.6) is 0 Å². The van der Waals surface area contributed by atoms with Crippen LogP contribution in [0.1, 0.15) is 5.82 Å². The molecule has 0 saturated carbocycles. The number of aromatic amines is 1. The molecule has 0 spiro atoms. The summed E-state index contributed by atoms with van der Waals surface area (Å²) in [6.45, 7) is 0. The Morgan fingerprint density at radius 3 is 2.85 bits per heavy atom. The average Bonchev–Trinajstić information content (AvgIpc) is 3.01. The first kappa shape index (κ1) is 16.6. The Kier molecular flexibility index (Phi) is 4.36. The van der Waals surface area contributed by atoms with E-state index >= 15 is 0 Å². The van der Waals surface area contributed by atoms with E-state index in [0.717, 1.165) is 5.56 Å². The van der Waals surface area contributed by atoms with Crippen molar-refractivity contribution in [2.75, 3.05) is 5.84 Å². The Balaban J connectivity index is 1.58. The molecule has 0 radical (unpaired) electrons.